The lowest BCUT2D eigenvalue weighted by atomic mass is 10.1. The lowest BCUT2D eigenvalue weighted by Gasteiger charge is -2.13. The van der Waals surface area contributed by atoms with E-state index in [1.807, 2.05) is 36.4 Å². The first-order valence-electron chi connectivity index (χ1n) is 9.69. The molecule has 0 saturated carbocycles. The van der Waals surface area contributed by atoms with Gasteiger partial charge < -0.3 is 14.8 Å². The van der Waals surface area contributed by atoms with Gasteiger partial charge in [0.2, 0.25) is 0 Å². The second-order valence-electron chi connectivity index (χ2n) is 6.78. The second-order valence-corrected chi connectivity index (χ2v) is 7.63. The minimum absolute atomic E-state index is 0.0383. The molecule has 0 saturated heterocycles. The number of methoxy groups -OCH3 is 1. The largest absolute Gasteiger partial charge is 0.493 e. The summed E-state index contributed by atoms with van der Waals surface area (Å²) in [5.74, 6) is 0.113. The molecule has 1 amide bonds. The number of amides is 1. The Hall–Kier alpha value is -3.63. The summed E-state index contributed by atoms with van der Waals surface area (Å²) in [5, 5.41) is 12.2. The summed E-state index contributed by atoms with van der Waals surface area (Å²) in [6.07, 6.45) is 1.48. The molecule has 32 heavy (non-hydrogen) atoms. The van der Waals surface area contributed by atoms with E-state index in [4.69, 9.17) is 9.47 Å². The zero-order valence-electron chi connectivity index (χ0n) is 17.3. The number of nitrogens with zero attached hydrogens (tertiary/aromatic N) is 1. The summed E-state index contributed by atoms with van der Waals surface area (Å²) in [6, 6.07) is 20.8. The van der Waals surface area contributed by atoms with Crippen LogP contribution in [0.1, 0.15) is 16.7 Å². The molecule has 0 aliphatic heterocycles. The molecule has 162 valence electrons. The van der Waals surface area contributed by atoms with Crippen LogP contribution in [-0.2, 0) is 17.9 Å². The summed E-state index contributed by atoms with van der Waals surface area (Å²) in [4.78, 5) is 12.5. The highest BCUT2D eigenvalue weighted by Gasteiger charge is 2.14. The number of halogens is 2. The maximum Gasteiger partial charge on any atom is 0.262 e. The number of nitriles is 1. The average Bonchev–Trinajstić information content (AvgIpc) is 2.82. The standard InChI is InChI=1S/C25H20BrFN2O3/c1-31-23-12-19(11-20(14-28)25(30)29-15-17-5-3-2-4-6-17)22(26)13-24(23)32-16-18-7-9-21(27)10-8-18/h2-13H,15-16H2,1H3,(H,29,30)/b20-11-. The van der Waals surface area contributed by atoms with Gasteiger partial charge in [-0.25, -0.2) is 4.39 Å². The molecule has 0 aliphatic carbocycles. The van der Waals surface area contributed by atoms with Crippen LogP contribution in [0.4, 0.5) is 4.39 Å². The maximum atomic E-state index is 13.1. The lowest BCUT2D eigenvalue weighted by molar-refractivity contribution is -0.117. The van der Waals surface area contributed by atoms with Gasteiger partial charge in [0.05, 0.1) is 7.11 Å². The average molecular weight is 495 g/mol. The van der Waals surface area contributed by atoms with Crippen LogP contribution in [-0.4, -0.2) is 13.0 Å². The van der Waals surface area contributed by atoms with Crippen LogP contribution in [0.25, 0.3) is 6.08 Å². The molecular formula is C25H20BrFN2O3. The molecule has 0 aliphatic rings. The Morgan fingerprint density at radius 2 is 1.81 bits per heavy atom. The SMILES string of the molecule is COc1cc(/C=C(/C#N)C(=O)NCc2ccccc2)c(Br)cc1OCc1ccc(F)cc1. The van der Waals surface area contributed by atoms with Crippen molar-refractivity contribution in [1.29, 1.82) is 5.26 Å². The summed E-state index contributed by atoms with van der Waals surface area (Å²) in [5.41, 5.74) is 2.28. The van der Waals surface area contributed by atoms with E-state index in [0.717, 1.165) is 11.1 Å². The highest BCUT2D eigenvalue weighted by molar-refractivity contribution is 9.10. The predicted octanol–water partition coefficient (Wildman–Crippen LogP) is 5.40. The van der Waals surface area contributed by atoms with Gasteiger partial charge >= 0.3 is 0 Å². The van der Waals surface area contributed by atoms with E-state index < -0.39 is 5.91 Å². The molecule has 0 aromatic heterocycles. The third-order valence-electron chi connectivity index (χ3n) is 4.55. The highest BCUT2D eigenvalue weighted by atomic mass is 79.9. The lowest BCUT2D eigenvalue weighted by Crippen LogP contribution is -2.23. The highest BCUT2D eigenvalue weighted by Crippen LogP contribution is 2.35. The van der Waals surface area contributed by atoms with Gasteiger partial charge in [-0.3, -0.25) is 4.79 Å². The summed E-state index contributed by atoms with van der Waals surface area (Å²) in [7, 11) is 1.50. The Labute approximate surface area is 194 Å². The van der Waals surface area contributed by atoms with Gasteiger partial charge in [0.15, 0.2) is 11.5 Å². The Bertz CT molecular complexity index is 1160. The minimum atomic E-state index is -0.473. The smallest absolute Gasteiger partial charge is 0.262 e. The molecule has 0 bridgehead atoms. The second kappa shape index (κ2) is 11.1. The topological polar surface area (TPSA) is 71.3 Å². The van der Waals surface area contributed by atoms with Crippen molar-refractivity contribution in [3.05, 3.63) is 99.3 Å². The monoisotopic (exact) mass is 494 g/mol. The van der Waals surface area contributed by atoms with Crippen LogP contribution in [0, 0.1) is 17.1 Å². The molecule has 0 fully saturated rings. The Morgan fingerprint density at radius 3 is 2.47 bits per heavy atom. The van der Waals surface area contributed by atoms with Crippen LogP contribution >= 0.6 is 15.9 Å². The van der Waals surface area contributed by atoms with Crippen molar-refractivity contribution in [3.8, 4) is 17.6 Å². The van der Waals surface area contributed by atoms with Gasteiger partial charge in [-0.2, -0.15) is 5.26 Å². The molecule has 1 N–H and O–H groups in total. The van der Waals surface area contributed by atoms with Gasteiger partial charge in [0.1, 0.15) is 24.1 Å². The molecule has 3 rings (SSSR count). The molecule has 5 nitrogen and oxygen atoms in total. The summed E-state index contributed by atoms with van der Waals surface area (Å²) < 4.78 is 24.9. The molecule has 0 unspecified atom stereocenters. The number of hydrogen-bond acceptors (Lipinski definition) is 4. The van der Waals surface area contributed by atoms with Crippen LogP contribution in [0.3, 0.4) is 0 Å². The van der Waals surface area contributed by atoms with Crippen LogP contribution < -0.4 is 14.8 Å². The molecule has 0 spiro atoms. The third kappa shape index (κ3) is 6.19. The fourth-order valence-corrected chi connectivity index (χ4v) is 3.29. The van der Waals surface area contributed by atoms with Gasteiger partial charge in [0.25, 0.3) is 5.91 Å². The van der Waals surface area contributed by atoms with Crippen molar-refractivity contribution in [2.75, 3.05) is 7.11 Å². The van der Waals surface area contributed by atoms with Crippen LogP contribution in [0.15, 0.2) is 76.8 Å². The van der Waals surface area contributed by atoms with E-state index in [2.05, 4.69) is 21.2 Å². The van der Waals surface area contributed by atoms with E-state index in [-0.39, 0.29) is 18.0 Å². The van der Waals surface area contributed by atoms with Gasteiger partial charge in [-0.15, -0.1) is 0 Å². The fourth-order valence-electron chi connectivity index (χ4n) is 2.85. The van der Waals surface area contributed by atoms with E-state index in [1.165, 1.54) is 25.3 Å². The predicted molar refractivity (Wildman–Crippen MR) is 123 cm³/mol. The van der Waals surface area contributed by atoms with Crippen LogP contribution in [0.2, 0.25) is 0 Å². The number of carbonyl (C=O) groups is 1. The van der Waals surface area contributed by atoms with Crippen molar-refractivity contribution in [1.82, 2.24) is 5.32 Å². The minimum Gasteiger partial charge on any atom is -0.493 e. The number of hydrogen-bond donors (Lipinski definition) is 1. The first-order chi connectivity index (χ1) is 15.5. The molecular weight excluding hydrogens is 475 g/mol. The zero-order valence-corrected chi connectivity index (χ0v) is 18.9. The van der Waals surface area contributed by atoms with Gasteiger partial charge in [0, 0.05) is 11.0 Å². The number of nitrogens with one attached hydrogen (secondary N) is 1. The first-order valence-corrected chi connectivity index (χ1v) is 10.5. The van der Waals surface area contributed by atoms with E-state index in [9.17, 15) is 14.4 Å². The molecule has 0 radical (unpaired) electrons. The Balaban J connectivity index is 1.75. The Kier molecular flexibility index (Phi) is 8.01. The normalized spacial score (nSPS) is 10.9. The molecule has 3 aromatic carbocycles. The van der Waals surface area contributed by atoms with Crippen LogP contribution in [0.5, 0.6) is 11.5 Å². The van der Waals surface area contributed by atoms with Gasteiger partial charge in [-0.05, 0) is 47.0 Å². The number of ether oxygens (including phenoxy) is 2. The quantitative estimate of drug-likeness (QED) is 0.336. The summed E-state index contributed by atoms with van der Waals surface area (Å²) in [6.45, 7) is 0.545. The molecule has 7 heteroatoms. The summed E-state index contributed by atoms with van der Waals surface area (Å²) >= 11 is 3.46. The molecule has 3 aromatic rings. The first kappa shape index (κ1) is 23.0. The Morgan fingerprint density at radius 1 is 1.09 bits per heavy atom. The maximum absolute atomic E-state index is 13.1. The van der Waals surface area contributed by atoms with Crippen molar-refractivity contribution < 1.29 is 18.7 Å². The number of rotatable bonds is 8. The molecule has 0 heterocycles. The van der Waals surface area contributed by atoms with Crippen molar-refractivity contribution in [2.24, 2.45) is 0 Å². The van der Waals surface area contributed by atoms with Gasteiger partial charge in [-0.1, -0.05) is 58.4 Å². The van der Waals surface area contributed by atoms with E-state index >= 15 is 0 Å². The van der Waals surface area contributed by atoms with Crippen molar-refractivity contribution in [2.45, 2.75) is 13.2 Å². The van der Waals surface area contributed by atoms with E-state index in [0.29, 0.717) is 28.1 Å². The van der Waals surface area contributed by atoms with E-state index in [1.54, 1.807) is 24.3 Å². The fraction of sp³-hybridized carbons (Fsp3) is 0.120. The van der Waals surface area contributed by atoms with Crippen molar-refractivity contribution >= 4 is 27.9 Å². The number of benzene rings is 3. The zero-order chi connectivity index (χ0) is 22.9. The molecule has 0 atom stereocenters. The third-order valence-corrected chi connectivity index (χ3v) is 5.24. The van der Waals surface area contributed by atoms with Crippen molar-refractivity contribution in [3.63, 3.8) is 0 Å². The number of carbonyl (C=O) groups excluding carboxylic acids is 1.